The van der Waals surface area contributed by atoms with E-state index in [9.17, 15) is 0 Å². The minimum Gasteiger partial charge on any atom is -0.299 e. The number of aryl methyl sites for hydroxylation is 2. The van der Waals surface area contributed by atoms with Crippen LogP contribution in [-0.4, -0.2) is 50.7 Å². The fourth-order valence-corrected chi connectivity index (χ4v) is 3.66. The van der Waals surface area contributed by atoms with Gasteiger partial charge in [0, 0.05) is 44.1 Å². The van der Waals surface area contributed by atoms with Crippen molar-refractivity contribution in [2.75, 3.05) is 20.1 Å². The molecule has 0 radical (unpaired) electrons. The standard InChI is InChI=1S/C19H29N5/c1-16-17(13-23(3)21-16)14-24-11-6-8-19(9-12-24)22(2)15-18-7-4-5-10-20-18/h4-5,7,10,13,19H,6,8-9,11-12,14-15H2,1-3H3. The normalized spacial score (nSPS) is 19.6. The summed E-state index contributed by atoms with van der Waals surface area (Å²) >= 11 is 0. The van der Waals surface area contributed by atoms with Crippen molar-refractivity contribution in [1.29, 1.82) is 0 Å². The van der Waals surface area contributed by atoms with Crippen molar-refractivity contribution in [3.63, 3.8) is 0 Å². The predicted molar refractivity (Wildman–Crippen MR) is 96.6 cm³/mol. The topological polar surface area (TPSA) is 37.2 Å². The van der Waals surface area contributed by atoms with Crippen LogP contribution in [0.5, 0.6) is 0 Å². The van der Waals surface area contributed by atoms with Gasteiger partial charge in [-0.2, -0.15) is 5.10 Å². The zero-order chi connectivity index (χ0) is 16.9. The van der Waals surface area contributed by atoms with E-state index in [1.165, 1.54) is 31.4 Å². The average Bonchev–Trinajstić information content (AvgIpc) is 2.76. The number of rotatable bonds is 5. The van der Waals surface area contributed by atoms with Crippen molar-refractivity contribution in [2.24, 2.45) is 7.05 Å². The molecule has 1 atom stereocenters. The molecular weight excluding hydrogens is 298 g/mol. The minimum atomic E-state index is 0.645. The van der Waals surface area contributed by atoms with E-state index < -0.39 is 0 Å². The van der Waals surface area contributed by atoms with Crippen LogP contribution in [0.15, 0.2) is 30.6 Å². The van der Waals surface area contributed by atoms with E-state index >= 15 is 0 Å². The van der Waals surface area contributed by atoms with Gasteiger partial charge in [0.1, 0.15) is 0 Å². The third kappa shape index (κ3) is 4.42. The van der Waals surface area contributed by atoms with Crippen LogP contribution in [0.4, 0.5) is 0 Å². The Balaban J connectivity index is 1.53. The van der Waals surface area contributed by atoms with Crippen molar-refractivity contribution in [2.45, 2.75) is 45.3 Å². The monoisotopic (exact) mass is 327 g/mol. The summed E-state index contributed by atoms with van der Waals surface area (Å²) in [6.07, 6.45) is 7.80. The summed E-state index contributed by atoms with van der Waals surface area (Å²) in [7, 11) is 4.24. The highest BCUT2D eigenvalue weighted by atomic mass is 15.3. The molecule has 0 saturated carbocycles. The van der Waals surface area contributed by atoms with Crippen LogP contribution in [0, 0.1) is 6.92 Å². The number of aromatic nitrogens is 3. The molecule has 3 rings (SSSR count). The Morgan fingerprint density at radius 3 is 2.83 bits per heavy atom. The third-order valence-electron chi connectivity index (χ3n) is 5.06. The molecule has 0 spiro atoms. The predicted octanol–water partition coefficient (Wildman–Crippen LogP) is 2.61. The zero-order valence-electron chi connectivity index (χ0n) is 15.1. The van der Waals surface area contributed by atoms with Crippen LogP contribution in [0.25, 0.3) is 0 Å². The lowest BCUT2D eigenvalue weighted by Crippen LogP contribution is -2.32. The third-order valence-corrected chi connectivity index (χ3v) is 5.06. The van der Waals surface area contributed by atoms with Gasteiger partial charge in [0.25, 0.3) is 0 Å². The average molecular weight is 327 g/mol. The molecule has 130 valence electrons. The highest BCUT2D eigenvalue weighted by Crippen LogP contribution is 2.19. The molecule has 1 aliphatic heterocycles. The van der Waals surface area contributed by atoms with Crippen molar-refractivity contribution in [1.82, 2.24) is 24.6 Å². The lowest BCUT2D eigenvalue weighted by atomic mass is 10.1. The molecule has 2 aromatic rings. The summed E-state index contributed by atoms with van der Waals surface area (Å²) in [5, 5.41) is 4.46. The van der Waals surface area contributed by atoms with Gasteiger partial charge in [-0.25, -0.2) is 0 Å². The van der Waals surface area contributed by atoms with E-state index in [0.29, 0.717) is 6.04 Å². The van der Waals surface area contributed by atoms with Crippen LogP contribution < -0.4 is 0 Å². The molecule has 0 bridgehead atoms. The van der Waals surface area contributed by atoms with Gasteiger partial charge in [-0.05, 0) is 58.5 Å². The van der Waals surface area contributed by atoms with E-state index in [-0.39, 0.29) is 0 Å². The summed E-state index contributed by atoms with van der Waals surface area (Å²) in [5.74, 6) is 0. The molecule has 1 saturated heterocycles. The van der Waals surface area contributed by atoms with E-state index in [4.69, 9.17) is 0 Å². The van der Waals surface area contributed by atoms with Crippen molar-refractivity contribution < 1.29 is 0 Å². The lowest BCUT2D eigenvalue weighted by molar-refractivity contribution is 0.204. The number of nitrogens with zero attached hydrogens (tertiary/aromatic N) is 5. The molecule has 1 fully saturated rings. The molecule has 0 aromatic carbocycles. The summed E-state index contributed by atoms with van der Waals surface area (Å²) < 4.78 is 1.92. The number of hydrogen-bond acceptors (Lipinski definition) is 4. The van der Waals surface area contributed by atoms with Crippen LogP contribution in [0.2, 0.25) is 0 Å². The number of likely N-dealkylation sites (tertiary alicyclic amines) is 1. The zero-order valence-corrected chi connectivity index (χ0v) is 15.1. The van der Waals surface area contributed by atoms with Crippen molar-refractivity contribution >= 4 is 0 Å². The summed E-state index contributed by atoms with van der Waals surface area (Å²) in [4.78, 5) is 9.51. The Kier molecular flexibility index (Phi) is 5.63. The van der Waals surface area contributed by atoms with Crippen LogP contribution in [-0.2, 0) is 20.1 Å². The second-order valence-electron chi connectivity index (χ2n) is 7.01. The second kappa shape index (κ2) is 7.90. The largest absolute Gasteiger partial charge is 0.299 e. The summed E-state index contributed by atoms with van der Waals surface area (Å²) in [5.41, 5.74) is 3.68. The van der Waals surface area contributed by atoms with Crippen LogP contribution in [0.3, 0.4) is 0 Å². The van der Waals surface area contributed by atoms with Gasteiger partial charge < -0.3 is 0 Å². The van der Waals surface area contributed by atoms with E-state index in [2.05, 4.69) is 52.2 Å². The highest BCUT2D eigenvalue weighted by molar-refractivity contribution is 5.15. The summed E-state index contributed by atoms with van der Waals surface area (Å²) in [6.45, 7) is 6.41. The molecule has 3 heterocycles. The Morgan fingerprint density at radius 1 is 1.25 bits per heavy atom. The molecule has 5 nitrogen and oxygen atoms in total. The molecule has 5 heteroatoms. The summed E-state index contributed by atoms with van der Waals surface area (Å²) in [6, 6.07) is 6.81. The minimum absolute atomic E-state index is 0.645. The molecule has 24 heavy (non-hydrogen) atoms. The van der Waals surface area contributed by atoms with Gasteiger partial charge in [0.2, 0.25) is 0 Å². The van der Waals surface area contributed by atoms with Gasteiger partial charge >= 0.3 is 0 Å². The molecule has 0 N–H and O–H groups in total. The Bertz CT molecular complexity index is 636. The first-order valence-corrected chi connectivity index (χ1v) is 8.93. The molecule has 1 unspecified atom stereocenters. The highest BCUT2D eigenvalue weighted by Gasteiger charge is 2.21. The molecule has 0 aliphatic carbocycles. The Labute approximate surface area is 145 Å². The van der Waals surface area contributed by atoms with E-state index in [0.717, 1.165) is 31.0 Å². The first-order chi connectivity index (χ1) is 11.6. The Hall–Kier alpha value is -1.72. The van der Waals surface area contributed by atoms with Crippen molar-refractivity contribution in [3.05, 3.63) is 47.5 Å². The van der Waals surface area contributed by atoms with Gasteiger partial charge in [-0.3, -0.25) is 19.5 Å². The van der Waals surface area contributed by atoms with Gasteiger partial charge in [-0.1, -0.05) is 6.07 Å². The fraction of sp³-hybridized carbons (Fsp3) is 0.579. The van der Waals surface area contributed by atoms with Crippen molar-refractivity contribution in [3.8, 4) is 0 Å². The fourth-order valence-electron chi connectivity index (χ4n) is 3.66. The maximum Gasteiger partial charge on any atom is 0.0638 e. The molecular formula is C19H29N5. The SMILES string of the molecule is Cc1nn(C)cc1CN1CCCC(N(C)Cc2ccccn2)CC1. The van der Waals surface area contributed by atoms with Crippen LogP contribution >= 0.6 is 0 Å². The maximum atomic E-state index is 4.46. The Morgan fingerprint density at radius 2 is 2.12 bits per heavy atom. The quantitative estimate of drug-likeness (QED) is 0.846. The maximum absolute atomic E-state index is 4.46. The van der Waals surface area contributed by atoms with E-state index in [1.807, 2.05) is 24.0 Å². The molecule has 2 aromatic heterocycles. The first-order valence-electron chi connectivity index (χ1n) is 8.93. The van der Waals surface area contributed by atoms with E-state index in [1.54, 1.807) is 0 Å². The second-order valence-corrected chi connectivity index (χ2v) is 7.01. The first kappa shape index (κ1) is 17.1. The van der Waals surface area contributed by atoms with Crippen LogP contribution in [0.1, 0.15) is 36.2 Å². The smallest absolute Gasteiger partial charge is 0.0638 e. The lowest BCUT2D eigenvalue weighted by Gasteiger charge is -2.27. The molecule has 1 aliphatic rings. The van der Waals surface area contributed by atoms with Gasteiger partial charge in [0.15, 0.2) is 0 Å². The number of hydrogen-bond donors (Lipinski definition) is 0. The van der Waals surface area contributed by atoms with Gasteiger partial charge in [-0.15, -0.1) is 0 Å². The van der Waals surface area contributed by atoms with Gasteiger partial charge in [0.05, 0.1) is 11.4 Å². The molecule has 0 amide bonds. The number of pyridine rings is 1.